The lowest BCUT2D eigenvalue weighted by atomic mass is 10.2. The van der Waals surface area contributed by atoms with E-state index in [9.17, 15) is 36.4 Å². The first-order valence-electron chi connectivity index (χ1n) is 11.0. The summed E-state index contributed by atoms with van der Waals surface area (Å²) in [5.41, 5.74) is 6.82. The van der Waals surface area contributed by atoms with E-state index in [0.29, 0.717) is 12.0 Å². The molecule has 0 aliphatic rings. The minimum atomic E-state index is -4.73. The molecule has 20 heteroatoms. The highest BCUT2D eigenvalue weighted by Crippen LogP contribution is 2.33. The largest absolute Gasteiger partial charge is 0.504 e. The minimum Gasteiger partial charge on any atom is -0.504 e. The lowest BCUT2D eigenvalue weighted by Gasteiger charge is -2.10. The van der Waals surface area contributed by atoms with Crippen molar-refractivity contribution >= 4 is 72.5 Å². The van der Waals surface area contributed by atoms with E-state index >= 15 is 0 Å². The van der Waals surface area contributed by atoms with Crippen molar-refractivity contribution in [2.45, 2.75) is 14.7 Å². The number of sulfone groups is 1. The van der Waals surface area contributed by atoms with E-state index in [2.05, 4.69) is 30.1 Å². The molecule has 0 amide bonds. The number of carboxylic acids is 1. The van der Waals surface area contributed by atoms with E-state index in [1.807, 2.05) is 0 Å². The summed E-state index contributed by atoms with van der Waals surface area (Å²) in [6.45, 7) is 0. The maximum Gasteiger partial charge on any atom is 0.337 e. The molecule has 0 heterocycles. The molecule has 0 saturated heterocycles. The number of hydrogen-bond acceptors (Lipinski definition) is 14. The van der Waals surface area contributed by atoms with Gasteiger partial charge in [0.15, 0.2) is 15.6 Å². The monoisotopic (exact) mass is 661 g/mol. The van der Waals surface area contributed by atoms with E-state index in [4.69, 9.17) is 22.6 Å². The summed E-state index contributed by atoms with van der Waals surface area (Å²) in [6.07, 6.45) is 0. The second kappa shape index (κ2) is 13.9. The van der Waals surface area contributed by atoms with E-state index in [1.54, 1.807) is 0 Å². The summed E-state index contributed by atoms with van der Waals surface area (Å²) in [6, 6.07) is 10.5. The molecule has 0 atom stereocenters. The smallest absolute Gasteiger partial charge is 0.337 e. The summed E-state index contributed by atoms with van der Waals surface area (Å²) in [5, 5.41) is 43.6. The third-order valence-corrected chi connectivity index (χ3v) is 8.68. The average molecular weight is 662 g/mol. The maximum atomic E-state index is 12.4. The number of hydrogen-bond donors (Lipinski definition) is 6. The first-order chi connectivity index (χ1) is 19.8. The van der Waals surface area contributed by atoms with Gasteiger partial charge in [0.25, 0.3) is 10.1 Å². The van der Waals surface area contributed by atoms with Gasteiger partial charge in [-0.2, -0.15) is 13.5 Å². The number of carbonyl (C=O) groups is 1. The van der Waals surface area contributed by atoms with Gasteiger partial charge in [0.05, 0.1) is 38.8 Å². The molecule has 0 unspecified atom stereocenters. The van der Waals surface area contributed by atoms with Gasteiger partial charge in [-0.1, -0.05) is 5.04 Å². The molecule has 0 fully saturated rings. The predicted octanol–water partition coefficient (Wildman–Crippen LogP) is 3.92. The molecule has 3 aromatic carbocycles. The number of carboxylic acid groups (broad SMARTS) is 1. The van der Waals surface area contributed by atoms with Gasteiger partial charge in [-0.25, -0.2) is 18.5 Å². The van der Waals surface area contributed by atoms with Crippen LogP contribution in [0, 0.1) is 0 Å². The number of amidine groups is 1. The number of azo groups is 1. The van der Waals surface area contributed by atoms with Crippen LogP contribution in [0.1, 0.15) is 15.9 Å². The van der Waals surface area contributed by atoms with Gasteiger partial charge in [-0.15, -0.1) is 26.2 Å². The van der Waals surface area contributed by atoms with Gasteiger partial charge < -0.3 is 15.9 Å². The van der Waals surface area contributed by atoms with Crippen LogP contribution < -0.4 is 11.2 Å². The van der Waals surface area contributed by atoms with Crippen LogP contribution in [0.25, 0.3) is 0 Å². The second-order valence-electron chi connectivity index (χ2n) is 7.87. The summed E-state index contributed by atoms with van der Waals surface area (Å²) < 4.78 is 61.6. The number of nitrogens with two attached hydrogens (primary N) is 1. The zero-order valence-electron chi connectivity index (χ0n) is 20.8. The first-order valence-corrected chi connectivity index (χ1v) is 15.4. The average Bonchev–Trinajstić information content (AvgIpc) is 2.93. The third-order valence-electron chi connectivity index (χ3n) is 5.12. The number of phenolic OH excluding ortho intramolecular Hbond substituents is 1. The highest BCUT2D eigenvalue weighted by Gasteiger charge is 2.18. The number of anilines is 2. The molecule has 42 heavy (non-hydrogen) atoms. The predicted molar refractivity (Wildman–Crippen MR) is 150 cm³/mol. The van der Waals surface area contributed by atoms with Crippen molar-refractivity contribution < 1.29 is 51.0 Å². The number of nitrogens with zero attached hydrogens (tertiary/aromatic N) is 3. The summed E-state index contributed by atoms with van der Waals surface area (Å²) >= 11 is 6.09. The van der Waals surface area contributed by atoms with Crippen LogP contribution in [-0.2, 0) is 29.3 Å². The molecule has 0 bridgehead atoms. The number of phenols is 1. The van der Waals surface area contributed by atoms with E-state index in [0.717, 1.165) is 12.1 Å². The standard InChI is InChI=1S/C22H20ClN5O11S3/c23-7-8-41(33,34)14-4-1-12(2-5-14)21(28-26-19-11-15(42(35,36)37)10-17(24)20(19)29)27-25-18-9-13(40-39-38-32)3-6-16(18)22(30)31/h1-6,9-11,26,29,32H,7-8,24H2,(H,30,31)(H,35,36,37). The highest BCUT2D eigenvalue weighted by atomic mass is 35.5. The molecular weight excluding hydrogens is 642 g/mol. The lowest BCUT2D eigenvalue weighted by Crippen LogP contribution is -2.09. The highest BCUT2D eigenvalue weighted by molar-refractivity contribution is 7.94. The molecule has 7 N–H and O–H groups in total. The fraction of sp³-hybridized carbons (Fsp3) is 0.0909. The Morgan fingerprint density at radius 3 is 2.33 bits per heavy atom. The number of aromatic carboxylic acids is 1. The van der Waals surface area contributed by atoms with Gasteiger partial charge in [-0.05, 0) is 54.6 Å². The van der Waals surface area contributed by atoms with Crippen LogP contribution in [-0.4, -0.2) is 60.3 Å². The minimum absolute atomic E-state index is 0.0635. The molecule has 0 aliphatic carbocycles. The number of alkyl halides is 1. The van der Waals surface area contributed by atoms with Crippen LogP contribution in [0.5, 0.6) is 5.75 Å². The summed E-state index contributed by atoms with van der Waals surface area (Å²) in [7, 11) is -8.43. The fourth-order valence-electron chi connectivity index (χ4n) is 3.13. The lowest BCUT2D eigenvalue weighted by molar-refractivity contribution is -0.432. The topological polar surface area (TPSA) is 260 Å². The first kappa shape index (κ1) is 32.7. The van der Waals surface area contributed by atoms with Crippen LogP contribution in [0.2, 0.25) is 0 Å². The molecule has 0 spiro atoms. The van der Waals surface area contributed by atoms with Crippen LogP contribution in [0.3, 0.4) is 0 Å². The Balaban J connectivity index is 2.12. The molecule has 0 aromatic heterocycles. The quantitative estimate of drug-likeness (QED) is 0.0154. The van der Waals surface area contributed by atoms with Crippen molar-refractivity contribution in [3.63, 3.8) is 0 Å². The van der Waals surface area contributed by atoms with E-state index in [1.165, 1.54) is 42.5 Å². The zero-order valence-corrected chi connectivity index (χ0v) is 24.0. The van der Waals surface area contributed by atoms with Crippen molar-refractivity contribution in [2.24, 2.45) is 15.3 Å². The molecule has 0 saturated carbocycles. The van der Waals surface area contributed by atoms with E-state index < -0.39 is 42.3 Å². The molecule has 0 radical (unpaired) electrons. The molecule has 224 valence electrons. The van der Waals surface area contributed by atoms with E-state index in [-0.39, 0.29) is 49.8 Å². The third kappa shape index (κ3) is 8.36. The Labute approximate surface area is 247 Å². The molecule has 16 nitrogen and oxygen atoms in total. The Hall–Kier alpha value is -3.82. The SMILES string of the molecule is Nc1cc(S(=O)(=O)O)cc(NN=C(N=Nc2cc(SOOO)ccc2C(=O)O)c2ccc(S(=O)(=O)CCCl)cc2)c1O. The van der Waals surface area contributed by atoms with Gasteiger partial charge in [-0.3, -0.25) is 9.98 Å². The number of rotatable bonds is 12. The number of benzene rings is 3. The summed E-state index contributed by atoms with van der Waals surface area (Å²) in [4.78, 5) is 11.2. The molecule has 0 aliphatic heterocycles. The van der Waals surface area contributed by atoms with Crippen molar-refractivity contribution in [1.82, 2.24) is 0 Å². The van der Waals surface area contributed by atoms with Crippen molar-refractivity contribution in [3.05, 3.63) is 65.7 Å². The van der Waals surface area contributed by atoms with Crippen LogP contribution in [0.15, 0.2) is 84.6 Å². The second-order valence-corrected chi connectivity index (χ2v) is 12.6. The van der Waals surface area contributed by atoms with Gasteiger partial charge in [0, 0.05) is 16.3 Å². The Bertz CT molecular complexity index is 1750. The normalized spacial score (nSPS) is 12.5. The summed E-state index contributed by atoms with van der Waals surface area (Å²) in [5.74, 6) is -2.77. The number of hydrazone groups is 1. The number of nitrogen functional groups attached to an aromatic ring is 1. The number of halogens is 1. The van der Waals surface area contributed by atoms with Gasteiger partial charge in [0.2, 0.25) is 5.84 Å². The van der Waals surface area contributed by atoms with Crippen LogP contribution in [0.4, 0.5) is 17.1 Å². The Kier molecular flexibility index (Phi) is 10.8. The van der Waals surface area contributed by atoms with Crippen molar-refractivity contribution in [2.75, 3.05) is 22.8 Å². The molecule has 3 rings (SSSR count). The fourth-order valence-corrected chi connectivity index (χ4v) is 5.67. The number of nitrogens with one attached hydrogen (secondary N) is 1. The number of aromatic hydroxyl groups is 1. The van der Waals surface area contributed by atoms with Crippen molar-refractivity contribution in [1.29, 1.82) is 0 Å². The zero-order chi connectivity index (χ0) is 31.1. The van der Waals surface area contributed by atoms with Gasteiger partial charge in [0.1, 0.15) is 11.4 Å². The van der Waals surface area contributed by atoms with Crippen LogP contribution >= 0.6 is 23.6 Å². The molecule has 3 aromatic rings. The Morgan fingerprint density at radius 2 is 1.74 bits per heavy atom. The maximum absolute atomic E-state index is 12.4. The van der Waals surface area contributed by atoms with Crippen molar-refractivity contribution in [3.8, 4) is 5.75 Å². The Morgan fingerprint density at radius 1 is 1.05 bits per heavy atom. The molecular formula is C22H20ClN5O11S3. The van der Waals surface area contributed by atoms with Gasteiger partial charge >= 0.3 is 5.97 Å².